The summed E-state index contributed by atoms with van der Waals surface area (Å²) in [4.78, 5) is 4.17. The Bertz CT molecular complexity index is 481. The molecule has 3 N–H and O–H groups in total. The van der Waals surface area contributed by atoms with Gasteiger partial charge >= 0.3 is 0 Å². The second-order valence-corrected chi connectivity index (χ2v) is 4.29. The number of aromatic nitrogens is 1. The molecule has 5 heteroatoms. The first kappa shape index (κ1) is 10.4. The Morgan fingerprint density at radius 1 is 1.47 bits per heavy atom. The van der Waals surface area contributed by atoms with Crippen molar-refractivity contribution >= 4 is 26.7 Å². The molecule has 2 aromatic rings. The van der Waals surface area contributed by atoms with Gasteiger partial charge < -0.3 is 15.6 Å². The highest BCUT2D eigenvalue weighted by molar-refractivity contribution is 7.22. The van der Waals surface area contributed by atoms with Crippen molar-refractivity contribution in [2.75, 3.05) is 12.8 Å². The van der Waals surface area contributed by atoms with Gasteiger partial charge in [0, 0.05) is 7.11 Å². The molecular weight excluding hydrogens is 212 g/mol. The lowest BCUT2D eigenvalue weighted by Crippen LogP contribution is -1.95. The molecule has 1 heterocycles. The van der Waals surface area contributed by atoms with Crippen LogP contribution in [0.2, 0.25) is 0 Å². The Morgan fingerprint density at radius 3 is 2.93 bits per heavy atom. The zero-order valence-corrected chi connectivity index (χ0v) is 9.17. The van der Waals surface area contributed by atoms with E-state index in [2.05, 4.69) is 4.98 Å². The van der Waals surface area contributed by atoms with E-state index in [9.17, 15) is 5.11 Å². The highest BCUT2D eigenvalue weighted by atomic mass is 32.1. The number of fused-ring (bicyclic) bond motifs is 1. The molecule has 0 aliphatic carbocycles. The van der Waals surface area contributed by atoms with Crippen LogP contribution in [-0.4, -0.2) is 17.2 Å². The van der Waals surface area contributed by atoms with E-state index in [4.69, 9.17) is 10.5 Å². The number of aliphatic hydroxyl groups excluding tert-OH is 1. The molecule has 0 bridgehead atoms. The quantitative estimate of drug-likeness (QED) is 0.829. The van der Waals surface area contributed by atoms with Gasteiger partial charge in [0.2, 0.25) is 0 Å². The van der Waals surface area contributed by atoms with Gasteiger partial charge in [0.1, 0.15) is 0 Å². The Labute approximate surface area is 91.3 Å². The second-order valence-electron chi connectivity index (χ2n) is 3.23. The molecule has 0 fully saturated rings. The average molecular weight is 224 g/mol. The van der Waals surface area contributed by atoms with Gasteiger partial charge in [-0.05, 0) is 23.3 Å². The van der Waals surface area contributed by atoms with E-state index in [1.54, 1.807) is 7.11 Å². The largest absolute Gasteiger partial charge is 0.392 e. The van der Waals surface area contributed by atoms with E-state index in [1.165, 1.54) is 11.3 Å². The minimum atomic E-state index is -0.00787. The second kappa shape index (κ2) is 4.14. The lowest BCUT2D eigenvalue weighted by molar-refractivity contribution is 0.181. The number of anilines is 1. The Morgan fingerprint density at radius 2 is 2.27 bits per heavy atom. The lowest BCUT2D eigenvalue weighted by atomic mass is 10.1. The fourth-order valence-electron chi connectivity index (χ4n) is 1.51. The molecule has 0 atom stereocenters. The number of thiazole rings is 1. The van der Waals surface area contributed by atoms with E-state index in [-0.39, 0.29) is 6.61 Å². The van der Waals surface area contributed by atoms with Gasteiger partial charge in [-0.25, -0.2) is 4.98 Å². The van der Waals surface area contributed by atoms with Gasteiger partial charge in [-0.1, -0.05) is 11.3 Å². The summed E-state index contributed by atoms with van der Waals surface area (Å²) in [7, 11) is 1.63. The standard InChI is InChI=1S/C10H12N2O2S/c1-14-5-7-3-9-8(2-6(7)4-13)12-10(11)15-9/h2-3,13H,4-5H2,1H3,(H2,11,12). The summed E-state index contributed by atoms with van der Waals surface area (Å²) in [6.45, 7) is 0.482. The van der Waals surface area contributed by atoms with Crippen LogP contribution >= 0.6 is 11.3 Å². The molecule has 0 saturated carbocycles. The maximum atomic E-state index is 9.20. The van der Waals surface area contributed by atoms with Crippen LogP contribution in [0, 0.1) is 0 Å². The van der Waals surface area contributed by atoms with Crippen molar-refractivity contribution in [3.63, 3.8) is 0 Å². The van der Waals surface area contributed by atoms with Gasteiger partial charge in [0.25, 0.3) is 0 Å². The lowest BCUT2D eigenvalue weighted by Gasteiger charge is -2.05. The molecule has 0 radical (unpaired) electrons. The highest BCUT2D eigenvalue weighted by Crippen LogP contribution is 2.27. The number of nitrogens with zero attached hydrogens (tertiary/aromatic N) is 1. The van der Waals surface area contributed by atoms with E-state index < -0.39 is 0 Å². The van der Waals surface area contributed by atoms with E-state index in [0.29, 0.717) is 11.7 Å². The Balaban J connectivity index is 2.57. The third-order valence-electron chi connectivity index (χ3n) is 2.20. The first-order chi connectivity index (χ1) is 7.24. The molecule has 2 rings (SSSR count). The fourth-order valence-corrected chi connectivity index (χ4v) is 2.29. The van der Waals surface area contributed by atoms with Crippen molar-refractivity contribution < 1.29 is 9.84 Å². The number of aliphatic hydroxyl groups is 1. The predicted octanol–water partition coefficient (Wildman–Crippen LogP) is 1.52. The van der Waals surface area contributed by atoms with Crippen molar-refractivity contribution in [3.05, 3.63) is 23.3 Å². The van der Waals surface area contributed by atoms with Crippen LogP contribution in [0.1, 0.15) is 11.1 Å². The first-order valence-electron chi connectivity index (χ1n) is 4.52. The van der Waals surface area contributed by atoms with Crippen molar-refractivity contribution in [1.82, 2.24) is 4.98 Å². The van der Waals surface area contributed by atoms with Crippen LogP contribution in [0.3, 0.4) is 0 Å². The maximum Gasteiger partial charge on any atom is 0.181 e. The average Bonchev–Trinajstić information content (AvgIpc) is 2.56. The third-order valence-corrected chi connectivity index (χ3v) is 3.04. The zero-order valence-electron chi connectivity index (χ0n) is 8.36. The van der Waals surface area contributed by atoms with Crippen molar-refractivity contribution in [3.8, 4) is 0 Å². The number of nitrogens with two attached hydrogens (primary N) is 1. The fraction of sp³-hybridized carbons (Fsp3) is 0.300. The van der Waals surface area contributed by atoms with Crippen LogP contribution in [-0.2, 0) is 18.0 Å². The number of rotatable bonds is 3. The Hall–Kier alpha value is -1.17. The minimum Gasteiger partial charge on any atom is -0.392 e. The summed E-state index contributed by atoms with van der Waals surface area (Å²) in [5.41, 5.74) is 8.28. The van der Waals surface area contributed by atoms with Crippen LogP contribution in [0.5, 0.6) is 0 Å². The summed E-state index contributed by atoms with van der Waals surface area (Å²) in [5.74, 6) is 0. The summed E-state index contributed by atoms with van der Waals surface area (Å²) in [6.07, 6.45) is 0. The Kier molecular flexibility index (Phi) is 2.86. The smallest absolute Gasteiger partial charge is 0.181 e. The summed E-state index contributed by atoms with van der Waals surface area (Å²) in [6, 6.07) is 3.83. The first-order valence-corrected chi connectivity index (χ1v) is 5.34. The van der Waals surface area contributed by atoms with Crippen molar-refractivity contribution in [2.45, 2.75) is 13.2 Å². The molecule has 0 aliphatic rings. The molecule has 1 aromatic carbocycles. The molecular formula is C10H12N2O2S. The predicted molar refractivity (Wildman–Crippen MR) is 60.7 cm³/mol. The molecule has 0 spiro atoms. The number of benzene rings is 1. The number of nitrogen functional groups attached to an aromatic ring is 1. The third kappa shape index (κ3) is 1.94. The molecule has 80 valence electrons. The molecule has 4 nitrogen and oxygen atoms in total. The monoisotopic (exact) mass is 224 g/mol. The molecule has 15 heavy (non-hydrogen) atoms. The zero-order chi connectivity index (χ0) is 10.8. The van der Waals surface area contributed by atoms with Gasteiger partial charge in [0.05, 0.1) is 23.4 Å². The molecule has 0 unspecified atom stereocenters. The minimum absolute atomic E-state index is 0.00787. The molecule has 1 aromatic heterocycles. The van der Waals surface area contributed by atoms with Crippen molar-refractivity contribution in [2.24, 2.45) is 0 Å². The van der Waals surface area contributed by atoms with Gasteiger partial charge in [-0.2, -0.15) is 0 Å². The van der Waals surface area contributed by atoms with Gasteiger partial charge in [0.15, 0.2) is 5.13 Å². The number of hydrogen-bond acceptors (Lipinski definition) is 5. The van der Waals surface area contributed by atoms with Crippen LogP contribution in [0.15, 0.2) is 12.1 Å². The molecule has 0 aliphatic heterocycles. The van der Waals surface area contributed by atoms with Crippen LogP contribution in [0.4, 0.5) is 5.13 Å². The summed E-state index contributed by atoms with van der Waals surface area (Å²) < 4.78 is 6.09. The topological polar surface area (TPSA) is 68.4 Å². The number of methoxy groups -OCH3 is 1. The van der Waals surface area contributed by atoms with E-state index >= 15 is 0 Å². The van der Waals surface area contributed by atoms with Crippen LogP contribution < -0.4 is 5.73 Å². The SMILES string of the molecule is COCc1cc2sc(N)nc2cc1CO. The van der Waals surface area contributed by atoms with Gasteiger partial charge in [-0.15, -0.1) is 0 Å². The van der Waals surface area contributed by atoms with E-state index in [0.717, 1.165) is 21.3 Å². The van der Waals surface area contributed by atoms with Crippen LogP contribution in [0.25, 0.3) is 10.2 Å². The number of ether oxygens (including phenoxy) is 1. The highest BCUT2D eigenvalue weighted by Gasteiger charge is 2.07. The molecule has 0 amide bonds. The summed E-state index contributed by atoms with van der Waals surface area (Å²) in [5, 5.41) is 9.75. The molecule has 0 saturated heterocycles. The van der Waals surface area contributed by atoms with Gasteiger partial charge in [-0.3, -0.25) is 0 Å². The normalized spacial score (nSPS) is 11.1. The van der Waals surface area contributed by atoms with E-state index in [1.807, 2.05) is 12.1 Å². The summed E-state index contributed by atoms with van der Waals surface area (Å²) >= 11 is 1.44. The maximum absolute atomic E-state index is 9.20. The van der Waals surface area contributed by atoms with Crippen molar-refractivity contribution in [1.29, 1.82) is 0 Å². The number of hydrogen-bond donors (Lipinski definition) is 2.